The van der Waals surface area contributed by atoms with Crippen molar-refractivity contribution in [3.8, 4) is 0 Å². The number of nitrogens with zero attached hydrogens (tertiary/aromatic N) is 1. The van der Waals surface area contributed by atoms with Gasteiger partial charge >= 0.3 is 0 Å². The van der Waals surface area contributed by atoms with Crippen LogP contribution in [-0.2, 0) is 11.2 Å². The fraction of sp³-hybridized carbons (Fsp3) is 0.333. The average Bonchev–Trinajstić information content (AvgIpc) is 3.09. The summed E-state index contributed by atoms with van der Waals surface area (Å²) in [6.07, 6.45) is 1.80. The Labute approximate surface area is 116 Å². The van der Waals surface area contributed by atoms with Crippen LogP contribution in [0.3, 0.4) is 0 Å². The zero-order valence-corrected chi connectivity index (χ0v) is 11.4. The van der Waals surface area contributed by atoms with Gasteiger partial charge in [0.05, 0.1) is 11.2 Å². The zero-order valence-electron chi connectivity index (χ0n) is 10.6. The topological polar surface area (TPSA) is 42.0 Å². The Morgan fingerprint density at radius 3 is 2.95 bits per heavy atom. The van der Waals surface area contributed by atoms with Gasteiger partial charge in [-0.2, -0.15) is 0 Å². The van der Waals surface area contributed by atoms with E-state index < -0.39 is 0 Å². The number of thiazole rings is 1. The molecule has 1 N–H and O–H groups in total. The lowest BCUT2D eigenvalue weighted by Crippen LogP contribution is -2.27. The van der Waals surface area contributed by atoms with E-state index in [-0.39, 0.29) is 11.8 Å². The maximum absolute atomic E-state index is 12.0. The standard InChI is InChI=1S/C15H16N2OS/c18-15(16-7-6-12-9-19-10-17-12)14-8-13(14)11-4-2-1-3-5-11/h1-5,9-10,13-14H,6-8H2,(H,16,18). The summed E-state index contributed by atoms with van der Waals surface area (Å²) in [5.74, 6) is 0.766. The Bertz CT molecular complexity index is 539. The third-order valence-corrected chi connectivity index (χ3v) is 4.15. The van der Waals surface area contributed by atoms with Crippen molar-refractivity contribution in [1.82, 2.24) is 10.3 Å². The van der Waals surface area contributed by atoms with Gasteiger partial charge in [0.2, 0.25) is 5.91 Å². The van der Waals surface area contributed by atoms with E-state index in [9.17, 15) is 4.79 Å². The van der Waals surface area contributed by atoms with E-state index >= 15 is 0 Å². The normalized spacial score (nSPS) is 21.1. The van der Waals surface area contributed by atoms with E-state index in [1.807, 2.05) is 29.1 Å². The molecule has 1 aliphatic carbocycles. The quantitative estimate of drug-likeness (QED) is 0.909. The van der Waals surface area contributed by atoms with Gasteiger partial charge in [-0.05, 0) is 17.9 Å². The molecule has 2 atom stereocenters. The van der Waals surface area contributed by atoms with Crippen molar-refractivity contribution >= 4 is 17.2 Å². The van der Waals surface area contributed by atoms with Gasteiger partial charge in [0, 0.05) is 24.3 Å². The molecule has 0 spiro atoms. The second kappa shape index (κ2) is 5.53. The fourth-order valence-corrected chi connectivity index (χ4v) is 2.95. The molecule has 0 bridgehead atoms. The van der Waals surface area contributed by atoms with Crippen LogP contribution in [0.1, 0.15) is 23.6 Å². The van der Waals surface area contributed by atoms with Crippen LogP contribution in [0.15, 0.2) is 41.2 Å². The first-order chi connectivity index (χ1) is 9.34. The minimum Gasteiger partial charge on any atom is -0.355 e. The Balaban J connectivity index is 1.45. The highest BCUT2D eigenvalue weighted by Gasteiger charge is 2.43. The molecule has 0 aliphatic heterocycles. The molecule has 98 valence electrons. The minimum atomic E-state index is 0.165. The lowest BCUT2D eigenvalue weighted by atomic mass is 10.1. The van der Waals surface area contributed by atoms with E-state index in [4.69, 9.17) is 0 Å². The highest BCUT2D eigenvalue weighted by molar-refractivity contribution is 7.07. The van der Waals surface area contributed by atoms with Gasteiger partial charge in [-0.3, -0.25) is 4.79 Å². The number of benzene rings is 1. The first kappa shape index (κ1) is 12.4. The van der Waals surface area contributed by atoms with Gasteiger partial charge in [0.25, 0.3) is 0 Å². The van der Waals surface area contributed by atoms with Gasteiger partial charge in [-0.25, -0.2) is 4.98 Å². The number of carbonyl (C=O) groups is 1. The van der Waals surface area contributed by atoms with Crippen LogP contribution < -0.4 is 5.32 Å². The predicted octanol–water partition coefficient (Wildman–Crippen LogP) is 2.61. The third-order valence-electron chi connectivity index (χ3n) is 3.52. The number of nitrogens with one attached hydrogen (secondary N) is 1. The Morgan fingerprint density at radius 1 is 1.37 bits per heavy atom. The molecule has 3 nitrogen and oxygen atoms in total. The van der Waals surface area contributed by atoms with Crippen LogP contribution in [0, 0.1) is 5.92 Å². The van der Waals surface area contributed by atoms with E-state index in [1.54, 1.807) is 11.3 Å². The highest BCUT2D eigenvalue weighted by atomic mass is 32.1. The van der Waals surface area contributed by atoms with Crippen LogP contribution >= 0.6 is 11.3 Å². The summed E-state index contributed by atoms with van der Waals surface area (Å²) >= 11 is 1.59. The van der Waals surface area contributed by atoms with E-state index in [2.05, 4.69) is 22.4 Å². The van der Waals surface area contributed by atoms with Crippen molar-refractivity contribution < 1.29 is 4.79 Å². The summed E-state index contributed by atoms with van der Waals surface area (Å²) in [7, 11) is 0. The summed E-state index contributed by atoms with van der Waals surface area (Å²) < 4.78 is 0. The number of amides is 1. The highest BCUT2D eigenvalue weighted by Crippen LogP contribution is 2.47. The number of rotatable bonds is 5. The monoisotopic (exact) mass is 272 g/mol. The van der Waals surface area contributed by atoms with Crippen molar-refractivity contribution in [2.24, 2.45) is 5.92 Å². The molecule has 1 saturated carbocycles. The van der Waals surface area contributed by atoms with Gasteiger partial charge < -0.3 is 5.32 Å². The largest absolute Gasteiger partial charge is 0.355 e. The maximum atomic E-state index is 12.0. The van der Waals surface area contributed by atoms with Crippen LogP contribution in [0.5, 0.6) is 0 Å². The number of aromatic nitrogens is 1. The number of hydrogen-bond acceptors (Lipinski definition) is 3. The van der Waals surface area contributed by atoms with Gasteiger partial charge in [-0.15, -0.1) is 11.3 Å². The van der Waals surface area contributed by atoms with Crippen LogP contribution in [-0.4, -0.2) is 17.4 Å². The molecule has 0 radical (unpaired) electrons. The van der Waals surface area contributed by atoms with Crippen molar-refractivity contribution in [2.45, 2.75) is 18.8 Å². The molecule has 2 aromatic rings. The molecular formula is C15H16N2OS. The maximum Gasteiger partial charge on any atom is 0.223 e. The molecular weight excluding hydrogens is 256 g/mol. The number of carbonyl (C=O) groups excluding carboxylic acids is 1. The molecule has 1 aromatic carbocycles. The predicted molar refractivity (Wildman–Crippen MR) is 76.1 cm³/mol. The number of hydrogen-bond donors (Lipinski definition) is 1. The van der Waals surface area contributed by atoms with Gasteiger partial charge in [0.1, 0.15) is 0 Å². The van der Waals surface area contributed by atoms with Crippen LogP contribution in [0.4, 0.5) is 0 Å². The molecule has 1 fully saturated rings. The molecule has 1 amide bonds. The first-order valence-corrected chi connectivity index (χ1v) is 7.48. The van der Waals surface area contributed by atoms with Gasteiger partial charge in [-0.1, -0.05) is 30.3 Å². The fourth-order valence-electron chi connectivity index (χ4n) is 2.36. The molecule has 1 aliphatic rings. The Morgan fingerprint density at radius 2 is 2.21 bits per heavy atom. The Kier molecular flexibility index (Phi) is 3.60. The molecule has 2 unspecified atom stereocenters. The second-order valence-electron chi connectivity index (χ2n) is 4.88. The lowest BCUT2D eigenvalue weighted by Gasteiger charge is -2.03. The SMILES string of the molecule is O=C(NCCc1cscn1)C1CC1c1ccccc1. The molecule has 0 saturated heterocycles. The van der Waals surface area contributed by atoms with Gasteiger partial charge in [0.15, 0.2) is 0 Å². The van der Waals surface area contributed by atoms with Crippen molar-refractivity contribution in [3.05, 3.63) is 52.5 Å². The first-order valence-electron chi connectivity index (χ1n) is 6.54. The summed E-state index contributed by atoms with van der Waals surface area (Å²) in [5.41, 5.74) is 4.16. The van der Waals surface area contributed by atoms with Crippen molar-refractivity contribution in [1.29, 1.82) is 0 Å². The molecule has 3 rings (SSSR count). The third kappa shape index (κ3) is 3.01. The van der Waals surface area contributed by atoms with Crippen LogP contribution in [0.2, 0.25) is 0 Å². The van der Waals surface area contributed by atoms with Crippen molar-refractivity contribution in [2.75, 3.05) is 6.54 Å². The summed E-state index contributed by atoms with van der Waals surface area (Å²) in [5, 5.41) is 5.03. The molecule has 19 heavy (non-hydrogen) atoms. The summed E-state index contributed by atoms with van der Waals surface area (Å²) in [4.78, 5) is 16.2. The summed E-state index contributed by atoms with van der Waals surface area (Å²) in [6, 6.07) is 10.3. The second-order valence-corrected chi connectivity index (χ2v) is 5.60. The molecule has 1 aromatic heterocycles. The molecule has 1 heterocycles. The Hall–Kier alpha value is -1.68. The lowest BCUT2D eigenvalue weighted by molar-refractivity contribution is -0.122. The smallest absolute Gasteiger partial charge is 0.223 e. The van der Waals surface area contributed by atoms with Crippen LogP contribution in [0.25, 0.3) is 0 Å². The average molecular weight is 272 g/mol. The molecule has 4 heteroatoms. The summed E-state index contributed by atoms with van der Waals surface area (Å²) in [6.45, 7) is 0.681. The van der Waals surface area contributed by atoms with E-state index in [0.717, 1.165) is 18.5 Å². The minimum absolute atomic E-state index is 0.165. The van der Waals surface area contributed by atoms with E-state index in [1.165, 1.54) is 5.56 Å². The van der Waals surface area contributed by atoms with E-state index in [0.29, 0.717) is 12.5 Å². The zero-order chi connectivity index (χ0) is 13.1. The van der Waals surface area contributed by atoms with Crippen molar-refractivity contribution in [3.63, 3.8) is 0 Å².